The molecular formula is C13H18ClN. The van der Waals surface area contributed by atoms with Crippen LogP contribution in [-0.2, 0) is 5.41 Å². The third kappa shape index (κ3) is 3.67. The van der Waals surface area contributed by atoms with Crippen molar-refractivity contribution in [3.05, 3.63) is 41.2 Å². The lowest BCUT2D eigenvalue weighted by molar-refractivity contribution is 0.640. The Morgan fingerprint density at radius 3 is 2.80 bits per heavy atom. The molecule has 0 aliphatic rings. The smallest absolute Gasteiger partial charge is 0.0512 e. The molecule has 0 aliphatic heterocycles. The number of halogens is 1. The van der Waals surface area contributed by atoms with Crippen LogP contribution in [0.25, 0.3) is 0 Å². The van der Waals surface area contributed by atoms with Gasteiger partial charge in [-0.25, -0.2) is 0 Å². The Bertz CT molecular complexity index is 342. The third-order valence-electron chi connectivity index (χ3n) is 2.37. The molecule has 1 aromatic heterocycles. The molecule has 0 spiro atoms. The number of pyridine rings is 1. The number of rotatable bonds is 4. The number of unbranched alkanes of at least 4 members (excludes halogenated alkanes) is 1. The Morgan fingerprint density at radius 1 is 1.47 bits per heavy atom. The highest BCUT2D eigenvalue weighted by atomic mass is 35.5. The molecule has 0 radical (unpaired) electrons. The molecule has 82 valence electrons. The summed E-state index contributed by atoms with van der Waals surface area (Å²) in [5.74, 6) is 0. The van der Waals surface area contributed by atoms with Gasteiger partial charge in [0.2, 0.25) is 0 Å². The van der Waals surface area contributed by atoms with Gasteiger partial charge >= 0.3 is 0 Å². The van der Waals surface area contributed by atoms with E-state index in [0.29, 0.717) is 0 Å². The molecule has 0 saturated heterocycles. The van der Waals surface area contributed by atoms with E-state index < -0.39 is 0 Å². The van der Waals surface area contributed by atoms with Crippen LogP contribution in [-0.4, -0.2) is 4.98 Å². The summed E-state index contributed by atoms with van der Waals surface area (Å²) in [6, 6.07) is 3.73. The Hall–Kier alpha value is -0.820. The Balaban J connectivity index is 2.85. The Labute approximate surface area is 97.2 Å². The van der Waals surface area contributed by atoms with E-state index in [1.165, 1.54) is 6.42 Å². The monoisotopic (exact) mass is 223 g/mol. The maximum atomic E-state index is 5.95. The zero-order valence-corrected chi connectivity index (χ0v) is 10.4. The van der Waals surface area contributed by atoms with E-state index in [4.69, 9.17) is 11.6 Å². The predicted molar refractivity (Wildman–Crippen MR) is 66.3 cm³/mol. The predicted octanol–water partition coefficient (Wildman–Crippen LogP) is 4.37. The van der Waals surface area contributed by atoms with Gasteiger partial charge in [0, 0.05) is 16.6 Å². The maximum absolute atomic E-state index is 5.95. The molecule has 0 aliphatic carbocycles. The largest absolute Gasteiger partial charge is 0.260 e. The normalized spacial score (nSPS) is 12.3. The molecule has 1 nitrogen and oxygen atoms in total. The van der Waals surface area contributed by atoms with Crippen molar-refractivity contribution in [2.24, 2.45) is 0 Å². The number of hydrogen-bond donors (Lipinski definition) is 0. The van der Waals surface area contributed by atoms with Crippen LogP contribution in [0, 0.1) is 0 Å². The summed E-state index contributed by atoms with van der Waals surface area (Å²) in [4.78, 5) is 4.35. The summed E-state index contributed by atoms with van der Waals surface area (Å²) in [6.07, 6.45) is 8.46. The maximum Gasteiger partial charge on any atom is 0.0512 e. The van der Waals surface area contributed by atoms with Gasteiger partial charge in [-0.2, -0.15) is 0 Å². The molecular weight excluding hydrogens is 206 g/mol. The van der Waals surface area contributed by atoms with Gasteiger partial charge in [-0.3, -0.25) is 4.98 Å². The number of aromatic nitrogens is 1. The van der Waals surface area contributed by atoms with E-state index in [1.54, 1.807) is 12.3 Å². The van der Waals surface area contributed by atoms with Gasteiger partial charge in [0.05, 0.1) is 5.69 Å². The molecule has 0 amide bonds. The summed E-state index contributed by atoms with van der Waals surface area (Å²) >= 11 is 5.95. The van der Waals surface area contributed by atoms with Crippen LogP contribution >= 0.6 is 11.6 Å². The standard InChI is InChI=1S/C13H18ClN/c1-4-5-6-8-13(2,3)12-10-11(14)7-9-15-12/h6-10H,4-5H2,1-3H3/b8-6+. The van der Waals surface area contributed by atoms with E-state index in [2.05, 4.69) is 37.9 Å². The second-order valence-electron chi connectivity index (χ2n) is 4.27. The van der Waals surface area contributed by atoms with Crippen molar-refractivity contribution < 1.29 is 0 Å². The van der Waals surface area contributed by atoms with Crippen LogP contribution < -0.4 is 0 Å². The third-order valence-corrected chi connectivity index (χ3v) is 2.61. The molecule has 0 N–H and O–H groups in total. The Morgan fingerprint density at radius 2 is 2.20 bits per heavy atom. The first-order chi connectivity index (χ1) is 7.06. The lowest BCUT2D eigenvalue weighted by atomic mass is 9.88. The fourth-order valence-corrected chi connectivity index (χ4v) is 1.55. The van der Waals surface area contributed by atoms with Gasteiger partial charge in [-0.15, -0.1) is 0 Å². The highest BCUT2D eigenvalue weighted by molar-refractivity contribution is 6.30. The fraction of sp³-hybridized carbons (Fsp3) is 0.462. The van der Waals surface area contributed by atoms with E-state index >= 15 is 0 Å². The quantitative estimate of drug-likeness (QED) is 0.691. The topological polar surface area (TPSA) is 12.9 Å². The summed E-state index contributed by atoms with van der Waals surface area (Å²) < 4.78 is 0. The van der Waals surface area contributed by atoms with Crippen molar-refractivity contribution in [1.82, 2.24) is 4.98 Å². The SMILES string of the molecule is CCC/C=C/C(C)(C)c1cc(Cl)ccn1. The molecule has 0 unspecified atom stereocenters. The first-order valence-corrected chi connectivity index (χ1v) is 5.74. The van der Waals surface area contributed by atoms with Gasteiger partial charge in [0.15, 0.2) is 0 Å². The average Bonchev–Trinajstić information content (AvgIpc) is 2.18. The molecule has 0 fully saturated rings. The Kier molecular flexibility index (Phi) is 4.34. The van der Waals surface area contributed by atoms with Crippen molar-refractivity contribution in [3.8, 4) is 0 Å². The molecule has 1 heterocycles. The van der Waals surface area contributed by atoms with Crippen molar-refractivity contribution in [2.45, 2.75) is 39.0 Å². The molecule has 1 aromatic rings. The number of hydrogen-bond acceptors (Lipinski definition) is 1. The van der Waals surface area contributed by atoms with Gasteiger partial charge < -0.3 is 0 Å². The van der Waals surface area contributed by atoms with Gasteiger partial charge in [-0.1, -0.05) is 50.9 Å². The zero-order chi connectivity index (χ0) is 11.3. The van der Waals surface area contributed by atoms with E-state index in [-0.39, 0.29) is 5.41 Å². The zero-order valence-electron chi connectivity index (χ0n) is 9.63. The van der Waals surface area contributed by atoms with Crippen LogP contribution in [0.1, 0.15) is 39.3 Å². The second-order valence-corrected chi connectivity index (χ2v) is 4.71. The minimum Gasteiger partial charge on any atom is -0.260 e. The molecule has 0 bridgehead atoms. The van der Waals surface area contributed by atoms with Crippen LogP contribution in [0.5, 0.6) is 0 Å². The van der Waals surface area contributed by atoms with Crippen molar-refractivity contribution in [3.63, 3.8) is 0 Å². The van der Waals surface area contributed by atoms with E-state index in [9.17, 15) is 0 Å². The van der Waals surface area contributed by atoms with Gasteiger partial charge in [0.1, 0.15) is 0 Å². The summed E-state index contributed by atoms with van der Waals surface area (Å²) in [5.41, 5.74) is 0.974. The van der Waals surface area contributed by atoms with E-state index in [0.717, 1.165) is 17.1 Å². The van der Waals surface area contributed by atoms with Crippen LogP contribution in [0.3, 0.4) is 0 Å². The van der Waals surface area contributed by atoms with Gasteiger partial charge in [0.25, 0.3) is 0 Å². The first-order valence-electron chi connectivity index (χ1n) is 5.36. The van der Waals surface area contributed by atoms with Crippen molar-refractivity contribution >= 4 is 11.6 Å². The fourth-order valence-electron chi connectivity index (χ4n) is 1.39. The van der Waals surface area contributed by atoms with Crippen LogP contribution in [0.15, 0.2) is 30.5 Å². The second kappa shape index (κ2) is 5.32. The molecule has 15 heavy (non-hydrogen) atoms. The summed E-state index contributed by atoms with van der Waals surface area (Å²) in [6.45, 7) is 6.48. The van der Waals surface area contributed by atoms with Crippen LogP contribution in [0.4, 0.5) is 0 Å². The van der Waals surface area contributed by atoms with Crippen molar-refractivity contribution in [2.75, 3.05) is 0 Å². The number of nitrogens with zero attached hydrogens (tertiary/aromatic N) is 1. The summed E-state index contributed by atoms with van der Waals surface area (Å²) in [5, 5.41) is 0.747. The summed E-state index contributed by atoms with van der Waals surface area (Å²) in [7, 11) is 0. The number of allylic oxidation sites excluding steroid dienone is 2. The minimum atomic E-state index is -0.0416. The lowest BCUT2D eigenvalue weighted by Gasteiger charge is -2.19. The molecule has 1 rings (SSSR count). The molecule has 0 aromatic carbocycles. The van der Waals surface area contributed by atoms with E-state index in [1.807, 2.05) is 6.07 Å². The highest BCUT2D eigenvalue weighted by Gasteiger charge is 2.18. The lowest BCUT2D eigenvalue weighted by Crippen LogP contribution is -2.15. The molecule has 0 atom stereocenters. The van der Waals surface area contributed by atoms with Crippen LogP contribution in [0.2, 0.25) is 5.02 Å². The average molecular weight is 224 g/mol. The molecule has 2 heteroatoms. The van der Waals surface area contributed by atoms with Crippen molar-refractivity contribution in [1.29, 1.82) is 0 Å². The molecule has 0 saturated carbocycles. The highest BCUT2D eigenvalue weighted by Crippen LogP contribution is 2.24. The first kappa shape index (κ1) is 12.3. The van der Waals surface area contributed by atoms with Gasteiger partial charge in [-0.05, 0) is 18.6 Å². The minimum absolute atomic E-state index is 0.0416.